The molecule has 0 aliphatic heterocycles. The molecule has 7 nitrogen and oxygen atoms in total. The molecule has 9 heteroatoms. The van der Waals surface area contributed by atoms with Gasteiger partial charge < -0.3 is 10.1 Å². The fourth-order valence-electron chi connectivity index (χ4n) is 4.26. The Labute approximate surface area is 199 Å². The van der Waals surface area contributed by atoms with E-state index in [1.807, 2.05) is 40.8 Å². The first-order chi connectivity index (χ1) is 16.0. The lowest BCUT2D eigenvalue weighted by molar-refractivity contribution is -0.113. The predicted octanol–water partition coefficient (Wildman–Crippen LogP) is 4.98. The number of pyridine rings is 1. The molecule has 0 bridgehead atoms. The van der Waals surface area contributed by atoms with Crippen LogP contribution in [-0.4, -0.2) is 38.8 Å². The number of rotatable bonds is 6. The number of ether oxygens (including phenoxy) is 1. The van der Waals surface area contributed by atoms with Crippen molar-refractivity contribution in [1.82, 2.24) is 14.6 Å². The first kappa shape index (κ1) is 21.9. The molecule has 5 rings (SSSR count). The number of thiophene rings is 1. The van der Waals surface area contributed by atoms with Crippen LogP contribution in [0.1, 0.15) is 41.1 Å². The van der Waals surface area contributed by atoms with Gasteiger partial charge in [0.25, 0.3) is 0 Å². The second-order valence-corrected chi connectivity index (χ2v) is 10.2. The summed E-state index contributed by atoms with van der Waals surface area (Å²) in [6.45, 7) is 4.31. The largest absolute Gasteiger partial charge is 0.462 e. The number of hydrogen-bond donors (Lipinski definition) is 1. The van der Waals surface area contributed by atoms with Crippen LogP contribution >= 0.6 is 23.1 Å². The summed E-state index contributed by atoms with van der Waals surface area (Å²) >= 11 is 2.83. The number of para-hydroxylation sites is 1. The molecule has 0 spiro atoms. The van der Waals surface area contributed by atoms with E-state index in [1.54, 1.807) is 6.92 Å². The van der Waals surface area contributed by atoms with Crippen molar-refractivity contribution >= 4 is 56.5 Å². The molecule has 0 fully saturated rings. The number of fused-ring (bicyclic) bond motifs is 4. The van der Waals surface area contributed by atoms with E-state index in [-0.39, 0.29) is 17.6 Å². The number of aromatic nitrogens is 3. The average molecular weight is 481 g/mol. The van der Waals surface area contributed by atoms with E-state index in [2.05, 4.69) is 22.4 Å². The molecule has 1 aliphatic carbocycles. The zero-order chi connectivity index (χ0) is 22.9. The Morgan fingerprint density at radius 3 is 2.94 bits per heavy atom. The first-order valence-corrected chi connectivity index (χ1v) is 12.8. The fourth-order valence-corrected chi connectivity index (χ4v) is 6.42. The highest BCUT2D eigenvalue weighted by atomic mass is 32.2. The summed E-state index contributed by atoms with van der Waals surface area (Å²) in [5.41, 5.74) is 3.30. The van der Waals surface area contributed by atoms with Gasteiger partial charge in [0.1, 0.15) is 5.00 Å². The normalized spacial score (nSPS) is 15.5. The van der Waals surface area contributed by atoms with Crippen LogP contribution in [0.25, 0.3) is 16.6 Å². The summed E-state index contributed by atoms with van der Waals surface area (Å²) in [5, 5.41) is 13.8. The average Bonchev–Trinajstić information content (AvgIpc) is 3.38. The third-order valence-electron chi connectivity index (χ3n) is 5.82. The van der Waals surface area contributed by atoms with Crippen LogP contribution in [0.2, 0.25) is 0 Å². The van der Waals surface area contributed by atoms with Crippen molar-refractivity contribution in [2.24, 2.45) is 5.92 Å². The highest BCUT2D eigenvalue weighted by Gasteiger charge is 2.29. The SMILES string of the molecule is CCOC(=O)c1c(NC(=O)CSc2nnc3ccc4ccccc4n23)sc2c1CC[C@@H](C)C2. The van der Waals surface area contributed by atoms with Crippen LogP contribution in [0.5, 0.6) is 0 Å². The van der Waals surface area contributed by atoms with Gasteiger partial charge in [-0.1, -0.05) is 36.9 Å². The molecule has 0 saturated carbocycles. The van der Waals surface area contributed by atoms with Gasteiger partial charge in [-0.05, 0) is 61.3 Å². The summed E-state index contributed by atoms with van der Waals surface area (Å²) in [7, 11) is 0. The lowest BCUT2D eigenvalue weighted by atomic mass is 9.88. The molecule has 3 heterocycles. The zero-order valence-corrected chi connectivity index (χ0v) is 20.1. The van der Waals surface area contributed by atoms with Gasteiger partial charge in [-0.3, -0.25) is 9.20 Å². The van der Waals surface area contributed by atoms with Crippen LogP contribution in [0, 0.1) is 5.92 Å². The van der Waals surface area contributed by atoms with Crippen molar-refractivity contribution in [1.29, 1.82) is 0 Å². The summed E-state index contributed by atoms with van der Waals surface area (Å²) in [6.07, 6.45) is 2.80. The number of anilines is 1. The molecule has 0 unspecified atom stereocenters. The number of amides is 1. The van der Waals surface area contributed by atoms with E-state index in [4.69, 9.17) is 4.74 Å². The van der Waals surface area contributed by atoms with Crippen LogP contribution < -0.4 is 5.32 Å². The summed E-state index contributed by atoms with van der Waals surface area (Å²) < 4.78 is 7.26. The maximum Gasteiger partial charge on any atom is 0.341 e. The van der Waals surface area contributed by atoms with Gasteiger partial charge >= 0.3 is 5.97 Å². The van der Waals surface area contributed by atoms with Gasteiger partial charge in [0, 0.05) is 4.88 Å². The number of carbonyl (C=O) groups excluding carboxylic acids is 2. The topological polar surface area (TPSA) is 85.6 Å². The second kappa shape index (κ2) is 9.15. The van der Waals surface area contributed by atoms with Gasteiger partial charge in [0.2, 0.25) is 5.91 Å². The van der Waals surface area contributed by atoms with Crippen LogP contribution in [0.4, 0.5) is 5.00 Å². The van der Waals surface area contributed by atoms with E-state index >= 15 is 0 Å². The molecular formula is C24H24N4O3S2. The van der Waals surface area contributed by atoms with Gasteiger partial charge in [-0.25, -0.2) is 4.79 Å². The van der Waals surface area contributed by atoms with Gasteiger partial charge in [-0.2, -0.15) is 0 Å². The molecule has 4 aromatic rings. The van der Waals surface area contributed by atoms with Crippen LogP contribution in [0.3, 0.4) is 0 Å². The molecule has 3 aromatic heterocycles. The Morgan fingerprint density at radius 1 is 1.24 bits per heavy atom. The molecule has 1 aliphatic rings. The molecule has 0 radical (unpaired) electrons. The lowest BCUT2D eigenvalue weighted by Crippen LogP contribution is -2.17. The highest BCUT2D eigenvalue weighted by molar-refractivity contribution is 7.99. The number of benzene rings is 1. The monoisotopic (exact) mass is 480 g/mol. The Morgan fingerprint density at radius 2 is 2.09 bits per heavy atom. The van der Waals surface area contributed by atoms with Crippen molar-refractivity contribution in [3.8, 4) is 0 Å². The van der Waals surface area contributed by atoms with Crippen molar-refractivity contribution in [2.75, 3.05) is 17.7 Å². The Bertz CT molecular complexity index is 1360. The van der Waals surface area contributed by atoms with Crippen molar-refractivity contribution < 1.29 is 14.3 Å². The van der Waals surface area contributed by atoms with Crippen molar-refractivity contribution in [3.63, 3.8) is 0 Å². The first-order valence-electron chi connectivity index (χ1n) is 11.0. The number of esters is 1. The molecule has 1 N–H and O–H groups in total. The second-order valence-electron chi connectivity index (χ2n) is 8.18. The van der Waals surface area contributed by atoms with E-state index in [9.17, 15) is 9.59 Å². The summed E-state index contributed by atoms with van der Waals surface area (Å²) in [4.78, 5) is 26.7. The quantitative estimate of drug-likeness (QED) is 0.310. The van der Waals surface area contributed by atoms with E-state index < -0.39 is 0 Å². The molecular weight excluding hydrogens is 456 g/mol. The minimum atomic E-state index is -0.359. The van der Waals surface area contributed by atoms with Crippen molar-refractivity contribution in [3.05, 3.63) is 52.4 Å². The predicted molar refractivity (Wildman–Crippen MR) is 131 cm³/mol. The van der Waals surface area contributed by atoms with Gasteiger partial charge in [0.05, 0.1) is 23.4 Å². The standard InChI is InChI=1S/C24H24N4O3S2/c1-3-31-23(30)21-16-10-8-14(2)12-18(16)33-22(21)25-20(29)13-32-24-27-26-19-11-9-15-6-4-5-7-17(15)28(19)24/h4-7,9,11,14H,3,8,10,12-13H2,1-2H3,(H,25,29)/t14-/m1/s1. The molecule has 170 valence electrons. The Hall–Kier alpha value is -2.91. The lowest BCUT2D eigenvalue weighted by Gasteiger charge is -2.18. The molecule has 0 saturated heterocycles. The van der Waals surface area contributed by atoms with Crippen LogP contribution in [-0.2, 0) is 22.4 Å². The molecule has 1 atom stereocenters. The fraction of sp³-hybridized carbons (Fsp3) is 0.333. The van der Waals surface area contributed by atoms with Crippen LogP contribution in [0.15, 0.2) is 41.6 Å². The highest BCUT2D eigenvalue weighted by Crippen LogP contribution is 2.40. The minimum Gasteiger partial charge on any atom is -0.462 e. The summed E-state index contributed by atoms with van der Waals surface area (Å²) in [6, 6.07) is 11.9. The Balaban J connectivity index is 1.37. The smallest absolute Gasteiger partial charge is 0.341 e. The van der Waals surface area contributed by atoms with E-state index in [1.165, 1.54) is 28.0 Å². The van der Waals surface area contributed by atoms with E-state index in [0.29, 0.717) is 28.2 Å². The van der Waals surface area contributed by atoms with E-state index in [0.717, 1.165) is 41.4 Å². The van der Waals surface area contributed by atoms with Gasteiger partial charge in [0.15, 0.2) is 10.8 Å². The summed E-state index contributed by atoms with van der Waals surface area (Å²) in [5.74, 6) is 0.184. The molecule has 33 heavy (non-hydrogen) atoms. The molecule has 1 amide bonds. The number of carbonyl (C=O) groups is 2. The maximum atomic E-state index is 12.9. The number of nitrogens with zero attached hydrogens (tertiary/aromatic N) is 3. The third-order valence-corrected chi connectivity index (χ3v) is 7.92. The Kier molecular flexibility index (Phi) is 6.07. The third kappa shape index (κ3) is 4.22. The van der Waals surface area contributed by atoms with Crippen molar-refractivity contribution in [2.45, 2.75) is 38.3 Å². The van der Waals surface area contributed by atoms with Gasteiger partial charge in [-0.15, -0.1) is 21.5 Å². The minimum absolute atomic E-state index is 0.158. The molecule has 1 aromatic carbocycles. The zero-order valence-electron chi connectivity index (χ0n) is 18.5. The number of thioether (sulfide) groups is 1. The number of hydrogen-bond acceptors (Lipinski definition) is 7. The number of nitrogens with one attached hydrogen (secondary N) is 1. The maximum absolute atomic E-state index is 12.9.